The van der Waals surface area contributed by atoms with Gasteiger partial charge in [-0.25, -0.2) is 0 Å². The second-order valence-electron chi connectivity index (χ2n) is 5.62. The molecule has 0 aromatic rings. The van der Waals surface area contributed by atoms with E-state index in [2.05, 4.69) is 12.2 Å². The standard InChI is InChI=1S/C14H26N2OS/c1-3-18-13-7-6-12(8-13)16(2)14(17)10-15-9-11-4-5-11/h11-13,15H,3-10H2,1-2H3/t12-,13+/m0/s1. The van der Waals surface area contributed by atoms with Crippen LogP contribution >= 0.6 is 11.8 Å². The van der Waals surface area contributed by atoms with Gasteiger partial charge in [0.2, 0.25) is 5.91 Å². The van der Waals surface area contributed by atoms with Gasteiger partial charge in [-0.1, -0.05) is 6.92 Å². The molecule has 4 heteroatoms. The summed E-state index contributed by atoms with van der Waals surface area (Å²) >= 11 is 2.05. The number of carbonyl (C=O) groups is 1. The van der Waals surface area contributed by atoms with Crippen molar-refractivity contribution in [2.24, 2.45) is 5.92 Å². The van der Waals surface area contributed by atoms with Crippen LogP contribution in [0.1, 0.15) is 39.0 Å². The summed E-state index contributed by atoms with van der Waals surface area (Å²) in [5.41, 5.74) is 0. The van der Waals surface area contributed by atoms with E-state index in [0.29, 0.717) is 12.6 Å². The number of hydrogen-bond acceptors (Lipinski definition) is 3. The average molecular weight is 270 g/mol. The summed E-state index contributed by atoms with van der Waals surface area (Å²) in [7, 11) is 1.98. The molecule has 2 atom stereocenters. The molecule has 0 unspecified atom stereocenters. The van der Waals surface area contributed by atoms with E-state index in [4.69, 9.17) is 0 Å². The smallest absolute Gasteiger partial charge is 0.236 e. The lowest BCUT2D eigenvalue weighted by Gasteiger charge is -2.25. The third-order valence-corrected chi connectivity index (χ3v) is 5.34. The molecule has 0 heterocycles. The van der Waals surface area contributed by atoms with E-state index in [1.165, 1.54) is 37.9 Å². The van der Waals surface area contributed by atoms with Crippen molar-refractivity contribution in [3.8, 4) is 0 Å². The first-order chi connectivity index (χ1) is 8.70. The molecule has 2 fully saturated rings. The van der Waals surface area contributed by atoms with Crippen LogP contribution in [0.15, 0.2) is 0 Å². The molecule has 104 valence electrons. The fourth-order valence-electron chi connectivity index (χ4n) is 2.69. The molecule has 0 saturated heterocycles. The topological polar surface area (TPSA) is 32.3 Å². The highest BCUT2D eigenvalue weighted by Crippen LogP contribution is 2.32. The van der Waals surface area contributed by atoms with Crippen molar-refractivity contribution in [2.75, 3.05) is 25.9 Å². The number of thioether (sulfide) groups is 1. The van der Waals surface area contributed by atoms with Crippen LogP contribution in [-0.2, 0) is 4.79 Å². The van der Waals surface area contributed by atoms with Crippen molar-refractivity contribution in [3.63, 3.8) is 0 Å². The van der Waals surface area contributed by atoms with Gasteiger partial charge in [-0.05, 0) is 50.3 Å². The predicted octanol–water partition coefficient (Wildman–Crippen LogP) is 2.12. The van der Waals surface area contributed by atoms with E-state index in [9.17, 15) is 4.79 Å². The van der Waals surface area contributed by atoms with Gasteiger partial charge in [0.1, 0.15) is 0 Å². The van der Waals surface area contributed by atoms with Crippen molar-refractivity contribution in [3.05, 3.63) is 0 Å². The van der Waals surface area contributed by atoms with Crippen molar-refractivity contribution in [1.82, 2.24) is 10.2 Å². The monoisotopic (exact) mass is 270 g/mol. The van der Waals surface area contributed by atoms with Crippen molar-refractivity contribution < 1.29 is 4.79 Å². The lowest BCUT2D eigenvalue weighted by atomic mass is 10.2. The zero-order valence-electron chi connectivity index (χ0n) is 11.7. The molecule has 3 nitrogen and oxygen atoms in total. The van der Waals surface area contributed by atoms with Crippen LogP contribution in [0.3, 0.4) is 0 Å². The maximum Gasteiger partial charge on any atom is 0.236 e. The summed E-state index contributed by atoms with van der Waals surface area (Å²) in [4.78, 5) is 14.0. The first kappa shape index (κ1) is 14.2. The zero-order valence-corrected chi connectivity index (χ0v) is 12.5. The molecule has 0 aromatic carbocycles. The first-order valence-electron chi connectivity index (χ1n) is 7.28. The number of nitrogens with zero attached hydrogens (tertiary/aromatic N) is 1. The maximum absolute atomic E-state index is 12.1. The highest BCUT2D eigenvalue weighted by Gasteiger charge is 2.29. The van der Waals surface area contributed by atoms with Crippen LogP contribution < -0.4 is 5.32 Å². The molecule has 1 N–H and O–H groups in total. The van der Waals surface area contributed by atoms with Gasteiger partial charge in [0.15, 0.2) is 0 Å². The molecule has 0 radical (unpaired) electrons. The number of amides is 1. The van der Waals surface area contributed by atoms with Crippen LogP contribution in [0, 0.1) is 5.92 Å². The van der Waals surface area contributed by atoms with Gasteiger partial charge in [-0.2, -0.15) is 11.8 Å². The molecule has 2 saturated carbocycles. The molecule has 0 spiro atoms. The molecule has 2 rings (SSSR count). The Kier molecular flexibility index (Phi) is 5.37. The van der Waals surface area contributed by atoms with Crippen molar-refractivity contribution >= 4 is 17.7 Å². The SMILES string of the molecule is CCS[C@@H]1CC[C@H](N(C)C(=O)CNCC2CC2)C1. The molecule has 2 aliphatic rings. The molecule has 0 aromatic heterocycles. The summed E-state index contributed by atoms with van der Waals surface area (Å²) in [6, 6.07) is 0.476. The lowest BCUT2D eigenvalue weighted by Crippen LogP contribution is -2.41. The van der Waals surface area contributed by atoms with Gasteiger partial charge in [-0.15, -0.1) is 0 Å². The van der Waals surface area contributed by atoms with Crippen LogP contribution in [0.4, 0.5) is 0 Å². The molecule has 1 amide bonds. The summed E-state index contributed by atoms with van der Waals surface area (Å²) in [6.45, 7) is 3.77. The van der Waals surface area contributed by atoms with Crippen molar-refractivity contribution in [1.29, 1.82) is 0 Å². The molecule has 0 bridgehead atoms. The van der Waals surface area contributed by atoms with E-state index in [0.717, 1.165) is 17.7 Å². The van der Waals surface area contributed by atoms with E-state index in [1.807, 2.05) is 23.7 Å². The Bertz CT molecular complexity index is 281. The molecule has 18 heavy (non-hydrogen) atoms. The normalized spacial score (nSPS) is 27.4. The summed E-state index contributed by atoms with van der Waals surface area (Å²) in [6.07, 6.45) is 6.33. The molecular weight excluding hydrogens is 244 g/mol. The van der Waals surface area contributed by atoms with Gasteiger partial charge in [0.05, 0.1) is 6.54 Å². The number of hydrogen-bond donors (Lipinski definition) is 1. The Morgan fingerprint density at radius 1 is 1.33 bits per heavy atom. The second-order valence-corrected chi connectivity index (χ2v) is 7.20. The Morgan fingerprint density at radius 2 is 2.11 bits per heavy atom. The third kappa shape index (κ3) is 4.16. The second kappa shape index (κ2) is 6.80. The Morgan fingerprint density at radius 3 is 2.78 bits per heavy atom. The fraction of sp³-hybridized carbons (Fsp3) is 0.929. The first-order valence-corrected chi connectivity index (χ1v) is 8.33. The predicted molar refractivity (Wildman–Crippen MR) is 77.9 cm³/mol. The molecule has 2 aliphatic carbocycles. The van der Waals surface area contributed by atoms with E-state index < -0.39 is 0 Å². The Hall–Kier alpha value is -0.220. The van der Waals surface area contributed by atoms with Crippen LogP contribution in [0.25, 0.3) is 0 Å². The van der Waals surface area contributed by atoms with Crippen LogP contribution in [-0.4, -0.2) is 48.0 Å². The largest absolute Gasteiger partial charge is 0.342 e. The Labute approximate surface area is 115 Å². The zero-order chi connectivity index (χ0) is 13.0. The minimum atomic E-state index is 0.266. The van der Waals surface area contributed by atoms with E-state index in [-0.39, 0.29) is 5.91 Å². The number of carbonyl (C=O) groups excluding carboxylic acids is 1. The fourth-order valence-corrected chi connectivity index (χ4v) is 3.82. The molecular formula is C14H26N2OS. The van der Waals surface area contributed by atoms with Crippen LogP contribution in [0.5, 0.6) is 0 Å². The van der Waals surface area contributed by atoms with Crippen molar-refractivity contribution in [2.45, 2.75) is 50.3 Å². The van der Waals surface area contributed by atoms with Gasteiger partial charge in [-0.3, -0.25) is 4.79 Å². The Balaban J connectivity index is 1.65. The highest BCUT2D eigenvalue weighted by molar-refractivity contribution is 7.99. The van der Waals surface area contributed by atoms with Gasteiger partial charge in [0, 0.05) is 18.3 Å². The van der Waals surface area contributed by atoms with Crippen LogP contribution in [0.2, 0.25) is 0 Å². The summed E-state index contributed by atoms with van der Waals surface area (Å²) in [5.74, 6) is 2.31. The van der Waals surface area contributed by atoms with Gasteiger partial charge in [0.25, 0.3) is 0 Å². The van der Waals surface area contributed by atoms with E-state index in [1.54, 1.807) is 0 Å². The quantitative estimate of drug-likeness (QED) is 0.769. The number of rotatable bonds is 7. The number of nitrogens with one attached hydrogen (secondary N) is 1. The summed E-state index contributed by atoms with van der Waals surface area (Å²) < 4.78 is 0. The number of likely N-dealkylation sites (N-methyl/N-ethyl adjacent to an activating group) is 1. The minimum absolute atomic E-state index is 0.266. The minimum Gasteiger partial charge on any atom is -0.342 e. The maximum atomic E-state index is 12.1. The van der Waals surface area contributed by atoms with E-state index >= 15 is 0 Å². The highest BCUT2D eigenvalue weighted by atomic mass is 32.2. The molecule has 0 aliphatic heterocycles. The van der Waals surface area contributed by atoms with Gasteiger partial charge < -0.3 is 10.2 Å². The third-order valence-electron chi connectivity index (χ3n) is 4.11. The lowest BCUT2D eigenvalue weighted by molar-refractivity contribution is -0.130. The van der Waals surface area contributed by atoms with Gasteiger partial charge >= 0.3 is 0 Å². The summed E-state index contributed by atoms with van der Waals surface area (Å²) in [5, 5.41) is 4.06. The average Bonchev–Trinajstić information content (AvgIpc) is 3.06.